The monoisotopic (exact) mass is 242 g/mol. The first kappa shape index (κ1) is 14.9. The predicted molar refractivity (Wildman–Crippen MR) is 73.4 cm³/mol. The normalized spacial score (nSPS) is 26.1. The van der Waals surface area contributed by atoms with Crippen LogP contribution in [0.2, 0.25) is 0 Å². The Morgan fingerprint density at radius 2 is 2.00 bits per heavy atom. The Balaban J connectivity index is 2.34. The van der Waals surface area contributed by atoms with Crippen molar-refractivity contribution in [2.75, 3.05) is 26.7 Å². The summed E-state index contributed by atoms with van der Waals surface area (Å²) in [5.41, 5.74) is 0.216. The lowest BCUT2D eigenvalue weighted by molar-refractivity contribution is 0.0953. The number of hydrogen-bond donors (Lipinski definition) is 1. The van der Waals surface area contributed by atoms with Gasteiger partial charge in [0, 0.05) is 31.8 Å². The molecule has 1 saturated heterocycles. The summed E-state index contributed by atoms with van der Waals surface area (Å²) in [7, 11) is 1.82. The third-order valence-electron chi connectivity index (χ3n) is 3.86. The number of nitrogens with zero attached hydrogens (tertiary/aromatic N) is 1. The van der Waals surface area contributed by atoms with Crippen LogP contribution in [0, 0.1) is 5.92 Å². The maximum atomic E-state index is 5.43. The Morgan fingerprint density at radius 1 is 1.35 bits per heavy atom. The molecule has 0 aromatic carbocycles. The lowest BCUT2D eigenvalue weighted by Crippen LogP contribution is -2.45. The zero-order valence-corrected chi connectivity index (χ0v) is 12.4. The SMILES string of the molecule is COC1CCN(C(C)C(C)CNC(C)(C)C)C1. The van der Waals surface area contributed by atoms with Crippen LogP contribution >= 0.6 is 0 Å². The predicted octanol–water partition coefficient (Wildman–Crippen LogP) is 2.12. The smallest absolute Gasteiger partial charge is 0.0710 e. The first-order chi connectivity index (χ1) is 7.83. The van der Waals surface area contributed by atoms with E-state index in [1.54, 1.807) is 0 Å². The van der Waals surface area contributed by atoms with Crippen molar-refractivity contribution in [1.29, 1.82) is 0 Å². The molecule has 0 amide bonds. The van der Waals surface area contributed by atoms with E-state index in [0.717, 1.165) is 13.1 Å². The average molecular weight is 242 g/mol. The second-order valence-corrected chi connectivity index (χ2v) is 6.49. The molecule has 17 heavy (non-hydrogen) atoms. The van der Waals surface area contributed by atoms with Crippen LogP contribution in [0.1, 0.15) is 41.0 Å². The molecule has 1 fully saturated rings. The number of nitrogens with one attached hydrogen (secondary N) is 1. The molecule has 3 atom stereocenters. The lowest BCUT2D eigenvalue weighted by Gasteiger charge is -2.32. The van der Waals surface area contributed by atoms with Gasteiger partial charge in [0.25, 0.3) is 0 Å². The van der Waals surface area contributed by atoms with E-state index < -0.39 is 0 Å². The Morgan fingerprint density at radius 3 is 2.47 bits per heavy atom. The van der Waals surface area contributed by atoms with Crippen molar-refractivity contribution in [3.63, 3.8) is 0 Å². The third-order valence-corrected chi connectivity index (χ3v) is 3.86. The molecule has 1 aliphatic heterocycles. The highest BCUT2D eigenvalue weighted by Gasteiger charge is 2.28. The number of methoxy groups -OCH3 is 1. The molecule has 0 aliphatic carbocycles. The summed E-state index contributed by atoms with van der Waals surface area (Å²) in [6, 6.07) is 0.630. The lowest BCUT2D eigenvalue weighted by atomic mass is 10.0. The Hall–Kier alpha value is -0.120. The quantitative estimate of drug-likeness (QED) is 0.799. The zero-order chi connectivity index (χ0) is 13.1. The maximum absolute atomic E-state index is 5.43. The molecular weight excluding hydrogens is 212 g/mol. The third kappa shape index (κ3) is 4.94. The van der Waals surface area contributed by atoms with Gasteiger partial charge in [-0.05, 0) is 46.6 Å². The highest BCUT2D eigenvalue weighted by atomic mass is 16.5. The van der Waals surface area contributed by atoms with E-state index >= 15 is 0 Å². The second-order valence-electron chi connectivity index (χ2n) is 6.49. The number of rotatable bonds is 5. The van der Waals surface area contributed by atoms with Crippen molar-refractivity contribution in [2.24, 2.45) is 5.92 Å². The van der Waals surface area contributed by atoms with Crippen LogP contribution in [0.3, 0.4) is 0 Å². The van der Waals surface area contributed by atoms with Crippen molar-refractivity contribution in [1.82, 2.24) is 10.2 Å². The molecule has 0 spiro atoms. The second kappa shape index (κ2) is 6.17. The zero-order valence-electron chi connectivity index (χ0n) is 12.4. The number of ether oxygens (including phenoxy) is 1. The van der Waals surface area contributed by atoms with Crippen LogP contribution in [0.4, 0.5) is 0 Å². The van der Waals surface area contributed by atoms with Crippen molar-refractivity contribution in [3.8, 4) is 0 Å². The molecule has 1 aliphatic rings. The molecule has 102 valence electrons. The summed E-state index contributed by atoms with van der Waals surface area (Å²) < 4.78 is 5.43. The minimum absolute atomic E-state index is 0.216. The van der Waals surface area contributed by atoms with Crippen LogP contribution in [0.5, 0.6) is 0 Å². The first-order valence-electron chi connectivity index (χ1n) is 6.85. The fraction of sp³-hybridized carbons (Fsp3) is 1.00. The van der Waals surface area contributed by atoms with Crippen LogP contribution in [-0.4, -0.2) is 49.3 Å². The Bertz CT molecular complexity index is 225. The topological polar surface area (TPSA) is 24.5 Å². The maximum Gasteiger partial charge on any atom is 0.0710 e. The van der Waals surface area contributed by atoms with E-state index in [-0.39, 0.29) is 5.54 Å². The molecule has 0 saturated carbocycles. The van der Waals surface area contributed by atoms with E-state index in [0.29, 0.717) is 18.1 Å². The van der Waals surface area contributed by atoms with Gasteiger partial charge in [-0.25, -0.2) is 0 Å². The Labute approximate surface area is 107 Å². The molecule has 0 aromatic heterocycles. The van der Waals surface area contributed by atoms with Crippen molar-refractivity contribution in [2.45, 2.75) is 58.7 Å². The fourth-order valence-electron chi connectivity index (χ4n) is 2.31. The summed E-state index contributed by atoms with van der Waals surface area (Å²) in [6.45, 7) is 14.7. The van der Waals surface area contributed by atoms with Gasteiger partial charge in [-0.3, -0.25) is 4.90 Å². The van der Waals surface area contributed by atoms with Gasteiger partial charge in [-0.15, -0.1) is 0 Å². The molecule has 3 heteroatoms. The van der Waals surface area contributed by atoms with Gasteiger partial charge in [-0.2, -0.15) is 0 Å². The molecule has 0 bridgehead atoms. The van der Waals surface area contributed by atoms with Crippen molar-refractivity contribution < 1.29 is 4.74 Å². The number of likely N-dealkylation sites (tertiary alicyclic amines) is 1. The molecule has 1 N–H and O–H groups in total. The summed E-state index contributed by atoms with van der Waals surface area (Å²) >= 11 is 0. The highest BCUT2D eigenvalue weighted by molar-refractivity contribution is 4.84. The minimum atomic E-state index is 0.216. The van der Waals surface area contributed by atoms with Gasteiger partial charge in [-0.1, -0.05) is 6.92 Å². The fourth-order valence-corrected chi connectivity index (χ4v) is 2.31. The van der Waals surface area contributed by atoms with E-state index in [9.17, 15) is 0 Å². The van der Waals surface area contributed by atoms with E-state index in [1.807, 2.05) is 7.11 Å². The highest BCUT2D eigenvalue weighted by Crippen LogP contribution is 2.19. The van der Waals surface area contributed by atoms with Crippen molar-refractivity contribution in [3.05, 3.63) is 0 Å². The molecule has 0 radical (unpaired) electrons. The largest absolute Gasteiger partial charge is 0.380 e. The van der Waals surface area contributed by atoms with E-state index in [4.69, 9.17) is 4.74 Å². The molecule has 1 heterocycles. The van der Waals surface area contributed by atoms with Crippen LogP contribution in [0.25, 0.3) is 0 Å². The van der Waals surface area contributed by atoms with Gasteiger partial charge in [0.15, 0.2) is 0 Å². The van der Waals surface area contributed by atoms with Gasteiger partial charge in [0.2, 0.25) is 0 Å². The Kier molecular flexibility index (Phi) is 5.42. The number of hydrogen-bond acceptors (Lipinski definition) is 3. The van der Waals surface area contributed by atoms with Gasteiger partial charge >= 0.3 is 0 Å². The van der Waals surface area contributed by atoms with Gasteiger partial charge in [0.05, 0.1) is 6.10 Å². The molecule has 1 rings (SSSR count). The van der Waals surface area contributed by atoms with E-state index in [1.165, 1.54) is 13.0 Å². The van der Waals surface area contributed by atoms with Gasteiger partial charge in [0.1, 0.15) is 0 Å². The molecule has 3 unspecified atom stereocenters. The van der Waals surface area contributed by atoms with E-state index in [2.05, 4.69) is 44.8 Å². The first-order valence-corrected chi connectivity index (χ1v) is 6.85. The average Bonchev–Trinajstić information content (AvgIpc) is 2.72. The summed E-state index contributed by atoms with van der Waals surface area (Å²) in [5.74, 6) is 0.671. The van der Waals surface area contributed by atoms with Gasteiger partial charge < -0.3 is 10.1 Å². The summed E-state index contributed by atoms with van der Waals surface area (Å²) in [6.07, 6.45) is 1.63. The summed E-state index contributed by atoms with van der Waals surface area (Å²) in [5, 5.41) is 3.59. The molecular formula is C14H30N2O. The molecule has 0 aromatic rings. The minimum Gasteiger partial charge on any atom is -0.380 e. The standard InChI is InChI=1S/C14H30N2O/c1-11(9-15-14(3,4)5)12(2)16-8-7-13(10-16)17-6/h11-13,15H,7-10H2,1-6H3. The van der Waals surface area contributed by atoms with Crippen LogP contribution in [-0.2, 0) is 4.74 Å². The molecule has 3 nitrogen and oxygen atoms in total. The van der Waals surface area contributed by atoms with Crippen LogP contribution < -0.4 is 5.32 Å². The van der Waals surface area contributed by atoms with Crippen LogP contribution in [0.15, 0.2) is 0 Å². The summed E-state index contributed by atoms with van der Waals surface area (Å²) in [4.78, 5) is 2.56. The van der Waals surface area contributed by atoms with Crippen molar-refractivity contribution >= 4 is 0 Å².